The lowest BCUT2D eigenvalue weighted by Gasteiger charge is -2.29. The van der Waals surface area contributed by atoms with Crippen LogP contribution in [0.4, 0.5) is 0 Å². The maximum Gasteiger partial charge on any atom is 0.250 e. The van der Waals surface area contributed by atoms with Crippen LogP contribution in [0.1, 0.15) is 31.4 Å². The zero-order chi connectivity index (χ0) is 15.1. The molecule has 1 saturated heterocycles. The Balaban J connectivity index is 1.62. The van der Waals surface area contributed by atoms with Gasteiger partial charge in [-0.25, -0.2) is 4.98 Å². The third kappa shape index (κ3) is 5.67. The predicted octanol–water partition coefficient (Wildman–Crippen LogP) is 0.551. The van der Waals surface area contributed by atoms with Crippen molar-refractivity contribution < 1.29 is 4.79 Å². The largest absolute Gasteiger partial charge is 0.356 e. The lowest BCUT2D eigenvalue weighted by atomic mass is 9.93. The summed E-state index contributed by atoms with van der Waals surface area (Å²) in [6.45, 7) is 2.80. The van der Waals surface area contributed by atoms with E-state index < -0.39 is 0 Å². The molecule has 6 nitrogen and oxygen atoms in total. The summed E-state index contributed by atoms with van der Waals surface area (Å²) in [6.07, 6.45) is 5.98. The van der Waals surface area contributed by atoms with Crippen molar-refractivity contribution in [3.8, 4) is 0 Å². The molecule has 1 atom stereocenters. The zero-order valence-electron chi connectivity index (χ0n) is 12.6. The van der Waals surface area contributed by atoms with E-state index in [0.29, 0.717) is 31.0 Å². The van der Waals surface area contributed by atoms with Gasteiger partial charge in [0.25, 0.3) is 5.56 Å². The van der Waals surface area contributed by atoms with Gasteiger partial charge in [-0.3, -0.25) is 9.59 Å². The number of nitrogens with zero attached hydrogens (tertiary/aromatic N) is 2. The minimum absolute atomic E-state index is 0.0908. The number of nitrogens with one attached hydrogen (secondary N) is 2. The zero-order valence-corrected chi connectivity index (χ0v) is 12.6. The number of amides is 1. The van der Waals surface area contributed by atoms with Gasteiger partial charge in [0.1, 0.15) is 0 Å². The highest BCUT2D eigenvalue weighted by molar-refractivity contribution is 5.75. The van der Waals surface area contributed by atoms with Crippen molar-refractivity contribution in [2.75, 3.05) is 26.7 Å². The van der Waals surface area contributed by atoms with Crippen LogP contribution >= 0.6 is 0 Å². The Hall–Kier alpha value is -1.69. The third-order valence-electron chi connectivity index (χ3n) is 3.94. The average Bonchev–Trinajstić information content (AvgIpc) is 2.45. The van der Waals surface area contributed by atoms with Crippen LogP contribution in [0, 0.1) is 5.92 Å². The number of hydrogen-bond acceptors (Lipinski definition) is 4. The summed E-state index contributed by atoms with van der Waals surface area (Å²) < 4.78 is 0. The Morgan fingerprint density at radius 1 is 1.57 bits per heavy atom. The summed E-state index contributed by atoms with van der Waals surface area (Å²) >= 11 is 0. The van der Waals surface area contributed by atoms with Gasteiger partial charge < -0.3 is 15.2 Å². The molecule has 0 unspecified atom stereocenters. The monoisotopic (exact) mass is 292 g/mol. The Morgan fingerprint density at radius 2 is 2.43 bits per heavy atom. The molecule has 1 aromatic rings. The van der Waals surface area contributed by atoms with E-state index in [1.54, 1.807) is 0 Å². The van der Waals surface area contributed by atoms with Gasteiger partial charge in [-0.15, -0.1) is 0 Å². The standard InChI is InChI=1S/C15H24N4O2/c1-19-8-2-3-12(10-19)4-5-14(20)16-7-6-13-9-15(21)18-11-17-13/h9,11-12H,2-8,10H2,1H3,(H,16,20)(H,17,18,21)/t12-/m1/s1. The molecular formula is C15H24N4O2. The molecule has 0 aromatic carbocycles. The van der Waals surface area contributed by atoms with E-state index in [4.69, 9.17) is 0 Å². The van der Waals surface area contributed by atoms with Crippen molar-refractivity contribution in [3.63, 3.8) is 0 Å². The van der Waals surface area contributed by atoms with Gasteiger partial charge in [0, 0.05) is 37.7 Å². The molecule has 0 spiro atoms. The summed E-state index contributed by atoms with van der Waals surface area (Å²) in [5.41, 5.74) is 0.542. The third-order valence-corrected chi connectivity index (χ3v) is 3.94. The molecule has 21 heavy (non-hydrogen) atoms. The molecule has 2 N–H and O–H groups in total. The molecule has 1 fully saturated rings. The van der Waals surface area contributed by atoms with Crippen LogP contribution < -0.4 is 10.9 Å². The fourth-order valence-corrected chi connectivity index (χ4v) is 2.81. The van der Waals surface area contributed by atoms with Gasteiger partial charge in [-0.05, 0) is 38.8 Å². The summed E-state index contributed by atoms with van der Waals surface area (Å²) in [4.78, 5) is 31.8. The lowest BCUT2D eigenvalue weighted by molar-refractivity contribution is -0.121. The highest BCUT2D eigenvalue weighted by Crippen LogP contribution is 2.19. The van der Waals surface area contributed by atoms with Crippen molar-refractivity contribution in [1.82, 2.24) is 20.2 Å². The quantitative estimate of drug-likeness (QED) is 0.802. The first-order valence-electron chi connectivity index (χ1n) is 7.62. The molecule has 1 aliphatic heterocycles. The molecule has 0 radical (unpaired) electrons. The van der Waals surface area contributed by atoms with Crippen molar-refractivity contribution in [1.29, 1.82) is 0 Å². The number of aromatic nitrogens is 2. The molecule has 2 rings (SSSR count). The second-order valence-electron chi connectivity index (χ2n) is 5.81. The molecule has 0 aliphatic carbocycles. The van der Waals surface area contributed by atoms with Crippen molar-refractivity contribution in [2.24, 2.45) is 5.92 Å². The van der Waals surface area contributed by atoms with Crippen LogP contribution in [-0.2, 0) is 11.2 Å². The van der Waals surface area contributed by atoms with Gasteiger partial charge in [-0.1, -0.05) is 0 Å². The first-order chi connectivity index (χ1) is 10.1. The van der Waals surface area contributed by atoms with Gasteiger partial charge in [0.05, 0.1) is 6.33 Å². The fourth-order valence-electron chi connectivity index (χ4n) is 2.81. The fraction of sp³-hybridized carbons (Fsp3) is 0.667. The molecule has 1 amide bonds. The number of rotatable bonds is 6. The van der Waals surface area contributed by atoms with Crippen LogP contribution in [0.5, 0.6) is 0 Å². The van der Waals surface area contributed by atoms with E-state index in [1.165, 1.54) is 31.8 Å². The highest BCUT2D eigenvalue weighted by Gasteiger charge is 2.17. The maximum absolute atomic E-state index is 11.8. The van der Waals surface area contributed by atoms with Gasteiger partial charge in [0.15, 0.2) is 0 Å². The predicted molar refractivity (Wildman–Crippen MR) is 81.0 cm³/mol. The number of hydrogen-bond donors (Lipinski definition) is 2. The number of carbonyl (C=O) groups excluding carboxylic acids is 1. The van der Waals surface area contributed by atoms with E-state index >= 15 is 0 Å². The number of H-pyrrole nitrogens is 1. The Morgan fingerprint density at radius 3 is 3.19 bits per heavy atom. The van der Waals surface area contributed by atoms with Crippen LogP contribution in [0.3, 0.4) is 0 Å². The van der Waals surface area contributed by atoms with E-state index in [1.807, 2.05) is 0 Å². The number of carbonyl (C=O) groups is 1. The molecule has 0 bridgehead atoms. The molecule has 1 aliphatic rings. The van der Waals surface area contributed by atoms with E-state index in [0.717, 1.165) is 13.0 Å². The highest BCUT2D eigenvalue weighted by atomic mass is 16.1. The SMILES string of the molecule is CN1CCC[C@H](CCC(=O)NCCc2cc(=O)[nH]cn2)C1. The van der Waals surface area contributed by atoms with Crippen LogP contribution in [0.2, 0.25) is 0 Å². The van der Waals surface area contributed by atoms with E-state index in [9.17, 15) is 9.59 Å². The van der Waals surface area contributed by atoms with E-state index in [-0.39, 0.29) is 11.5 Å². The summed E-state index contributed by atoms with van der Waals surface area (Å²) in [6, 6.07) is 1.46. The topological polar surface area (TPSA) is 78.1 Å². The maximum atomic E-state index is 11.8. The number of likely N-dealkylation sites (tertiary alicyclic amines) is 1. The molecule has 6 heteroatoms. The van der Waals surface area contributed by atoms with Crippen LogP contribution in [-0.4, -0.2) is 47.5 Å². The second kappa shape index (κ2) is 7.93. The normalized spacial score (nSPS) is 19.4. The molecule has 116 valence electrons. The lowest BCUT2D eigenvalue weighted by Crippen LogP contribution is -2.33. The first-order valence-corrected chi connectivity index (χ1v) is 7.62. The summed E-state index contributed by atoms with van der Waals surface area (Å²) in [5, 5.41) is 2.90. The van der Waals surface area contributed by atoms with E-state index in [2.05, 4.69) is 27.2 Å². The molecule has 1 aromatic heterocycles. The van der Waals surface area contributed by atoms with Crippen LogP contribution in [0.15, 0.2) is 17.2 Å². The van der Waals surface area contributed by atoms with Crippen molar-refractivity contribution >= 4 is 5.91 Å². The number of piperidine rings is 1. The molecular weight excluding hydrogens is 268 g/mol. The Labute approximate surface area is 125 Å². The summed E-state index contributed by atoms with van der Waals surface area (Å²) in [7, 11) is 2.14. The first kappa shape index (κ1) is 15.7. The summed E-state index contributed by atoms with van der Waals surface area (Å²) in [5.74, 6) is 0.733. The van der Waals surface area contributed by atoms with Gasteiger partial charge in [0.2, 0.25) is 5.91 Å². The van der Waals surface area contributed by atoms with Gasteiger partial charge in [-0.2, -0.15) is 0 Å². The van der Waals surface area contributed by atoms with Crippen molar-refractivity contribution in [2.45, 2.75) is 32.1 Å². The van der Waals surface area contributed by atoms with Gasteiger partial charge >= 0.3 is 0 Å². The molecule has 2 heterocycles. The number of aromatic amines is 1. The Bertz CT molecular complexity index is 514. The van der Waals surface area contributed by atoms with Crippen LogP contribution in [0.25, 0.3) is 0 Å². The average molecular weight is 292 g/mol. The Kier molecular flexibility index (Phi) is 5.92. The molecule has 0 saturated carbocycles. The minimum Gasteiger partial charge on any atom is -0.356 e. The smallest absolute Gasteiger partial charge is 0.250 e. The minimum atomic E-state index is -0.159. The van der Waals surface area contributed by atoms with Crippen molar-refractivity contribution in [3.05, 3.63) is 28.4 Å². The second-order valence-corrected chi connectivity index (χ2v) is 5.81.